The number of pyridine rings is 1. The molecule has 0 bridgehead atoms. The van der Waals surface area contributed by atoms with Crippen molar-refractivity contribution in [3.8, 4) is 11.5 Å². The van der Waals surface area contributed by atoms with E-state index in [9.17, 15) is 9.59 Å². The van der Waals surface area contributed by atoms with Gasteiger partial charge in [0.25, 0.3) is 5.91 Å². The minimum absolute atomic E-state index is 0.192. The minimum atomic E-state index is -0.603. The van der Waals surface area contributed by atoms with Crippen LogP contribution in [0.25, 0.3) is 17.0 Å². The molecule has 1 aliphatic rings. The Labute approximate surface area is 173 Å². The zero-order valence-corrected chi connectivity index (χ0v) is 16.3. The average Bonchev–Trinajstić information content (AvgIpc) is 3.24. The van der Waals surface area contributed by atoms with Gasteiger partial charge in [0.15, 0.2) is 18.1 Å². The summed E-state index contributed by atoms with van der Waals surface area (Å²) < 4.78 is 15.7. The molecule has 2 aromatic carbocycles. The van der Waals surface area contributed by atoms with Gasteiger partial charge in [0.05, 0.1) is 11.6 Å². The third-order valence-corrected chi connectivity index (χ3v) is 4.68. The Morgan fingerprint density at radius 2 is 2.00 bits per heavy atom. The number of aromatic nitrogens is 1. The van der Waals surface area contributed by atoms with Gasteiger partial charge >= 0.3 is 5.97 Å². The molecule has 7 heteroatoms. The fourth-order valence-electron chi connectivity index (χ4n) is 3.15. The fourth-order valence-corrected chi connectivity index (χ4v) is 3.15. The Balaban J connectivity index is 1.30. The molecule has 1 unspecified atom stereocenters. The van der Waals surface area contributed by atoms with Crippen LogP contribution in [0.1, 0.15) is 24.1 Å². The van der Waals surface area contributed by atoms with Crippen LogP contribution >= 0.6 is 0 Å². The van der Waals surface area contributed by atoms with Crippen LogP contribution in [0, 0.1) is 0 Å². The monoisotopic (exact) mass is 404 g/mol. The highest BCUT2D eigenvalue weighted by molar-refractivity contribution is 5.93. The van der Waals surface area contributed by atoms with E-state index in [0.29, 0.717) is 11.5 Å². The second kappa shape index (κ2) is 8.65. The van der Waals surface area contributed by atoms with Crippen LogP contribution in [0.3, 0.4) is 0 Å². The molecule has 0 radical (unpaired) electrons. The van der Waals surface area contributed by atoms with E-state index < -0.39 is 11.9 Å². The molecular weight excluding hydrogens is 384 g/mol. The molecular formula is C23H20N2O5. The summed E-state index contributed by atoms with van der Waals surface area (Å²) in [6.07, 6.45) is 4.62. The molecule has 0 saturated heterocycles. The molecule has 1 atom stereocenters. The number of amides is 1. The van der Waals surface area contributed by atoms with Gasteiger partial charge < -0.3 is 19.5 Å². The maximum Gasteiger partial charge on any atom is 0.331 e. The first-order chi connectivity index (χ1) is 14.6. The van der Waals surface area contributed by atoms with Crippen LogP contribution in [-0.4, -0.2) is 30.3 Å². The molecule has 1 amide bonds. The molecule has 1 N–H and O–H groups in total. The molecule has 7 nitrogen and oxygen atoms in total. The zero-order valence-electron chi connectivity index (χ0n) is 16.3. The Bertz CT molecular complexity index is 1120. The number of ether oxygens (including phenoxy) is 3. The summed E-state index contributed by atoms with van der Waals surface area (Å²) >= 11 is 0. The lowest BCUT2D eigenvalue weighted by molar-refractivity contribution is -0.144. The first-order valence-corrected chi connectivity index (χ1v) is 9.47. The lowest BCUT2D eigenvalue weighted by Crippen LogP contribution is -2.30. The van der Waals surface area contributed by atoms with Crippen molar-refractivity contribution in [2.24, 2.45) is 0 Å². The number of hydrogen-bond donors (Lipinski definition) is 1. The number of rotatable bonds is 6. The van der Waals surface area contributed by atoms with E-state index in [1.54, 1.807) is 18.3 Å². The molecule has 3 aromatic rings. The fraction of sp³-hybridized carbons (Fsp3) is 0.174. The molecule has 0 fully saturated rings. The number of para-hydroxylation sites is 1. The summed E-state index contributed by atoms with van der Waals surface area (Å²) in [6, 6.07) is 14.7. The van der Waals surface area contributed by atoms with Crippen LogP contribution in [0.5, 0.6) is 11.5 Å². The molecule has 0 aliphatic carbocycles. The maximum atomic E-state index is 12.1. The predicted octanol–water partition coefficient (Wildman–Crippen LogP) is 3.40. The molecule has 4 rings (SSSR count). The number of esters is 1. The van der Waals surface area contributed by atoms with Crippen molar-refractivity contribution in [2.45, 2.75) is 13.0 Å². The van der Waals surface area contributed by atoms with Gasteiger partial charge in [-0.25, -0.2) is 4.79 Å². The molecule has 1 aliphatic heterocycles. The van der Waals surface area contributed by atoms with Crippen molar-refractivity contribution in [1.82, 2.24) is 10.3 Å². The number of nitrogens with zero attached hydrogens (tertiary/aromatic N) is 1. The van der Waals surface area contributed by atoms with Gasteiger partial charge in [-0.05, 0) is 36.8 Å². The van der Waals surface area contributed by atoms with E-state index in [0.717, 1.165) is 22.0 Å². The maximum absolute atomic E-state index is 12.1. The van der Waals surface area contributed by atoms with Crippen molar-refractivity contribution in [3.05, 3.63) is 71.9 Å². The quantitative estimate of drug-likeness (QED) is 0.501. The van der Waals surface area contributed by atoms with Gasteiger partial charge in [0.2, 0.25) is 6.79 Å². The molecule has 152 valence electrons. The van der Waals surface area contributed by atoms with E-state index in [-0.39, 0.29) is 19.4 Å². The van der Waals surface area contributed by atoms with Gasteiger partial charge in [-0.2, -0.15) is 0 Å². The van der Waals surface area contributed by atoms with Crippen molar-refractivity contribution in [3.63, 3.8) is 0 Å². The summed E-state index contributed by atoms with van der Waals surface area (Å²) in [7, 11) is 0. The number of benzene rings is 2. The van der Waals surface area contributed by atoms with Gasteiger partial charge in [-0.3, -0.25) is 9.78 Å². The topological polar surface area (TPSA) is 86.8 Å². The van der Waals surface area contributed by atoms with Crippen molar-refractivity contribution in [1.29, 1.82) is 0 Å². The molecule has 1 aromatic heterocycles. The SMILES string of the molecule is CC(NC(=O)COC(=O)/C=C/c1cccc2cccnc12)c1ccc2c(c1)OCO2. The van der Waals surface area contributed by atoms with Crippen molar-refractivity contribution in [2.75, 3.05) is 13.4 Å². The van der Waals surface area contributed by atoms with Gasteiger partial charge in [0, 0.05) is 23.2 Å². The molecule has 30 heavy (non-hydrogen) atoms. The zero-order chi connectivity index (χ0) is 20.9. The third kappa shape index (κ3) is 4.41. The van der Waals surface area contributed by atoms with Crippen molar-refractivity contribution >= 4 is 28.9 Å². The smallest absolute Gasteiger partial charge is 0.331 e. The van der Waals surface area contributed by atoms with E-state index in [4.69, 9.17) is 14.2 Å². The highest BCUT2D eigenvalue weighted by atomic mass is 16.7. The molecule has 0 saturated carbocycles. The number of hydrogen-bond acceptors (Lipinski definition) is 6. The second-order valence-corrected chi connectivity index (χ2v) is 6.77. The Morgan fingerprint density at radius 1 is 1.17 bits per heavy atom. The van der Waals surface area contributed by atoms with E-state index in [1.807, 2.05) is 49.4 Å². The van der Waals surface area contributed by atoms with E-state index >= 15 is 0 Å². The van der Waals surface area contributed by atoms with Crippen LogP contribution in [-0.2, 0) is 14.3 Å². The van der Waals surface area contributed by atoms with Gasteiger partial charge in [0.1, 0.15) is 0 Å². The van der Waals surface area contributed by atoms with Crippen LogP contribution in [0.15, 0.2) is 60.8 Å². The number of carbonyl (C=O) groups excluding carboxylic acids is 2. The Morgan fingerprint density at radius 3 is 2.90 bits per heavy atom. The van der Waals surface area contributed by atoms with Crippen LogP contribution in [0.2, 0.25) is 0 Å². The van der Waals surface area contributed by atoms with E-state index in [1.165, 1.54) is 6.08 Å². The highest BCUT2D eigenvalue weighted by Gasteiger charge is 2.17. The highest BCUT2D eigenvalue weighted by Crippen LogP contribution is 2.34. The number of nitrogens with one attached hydrogen (secondary N) is 1. The summed E-state index contributed by atoms with van der Waals surface area (Å²) in [5.74, 6) is 0.329. The summed E-state index contributed by atoms with van der Waals surface area (Å²) in [5, 5.41) is 3.77. The van der Waals surface area contributed by atoms with Gasteiger partial charge in [-0.15, -0.1) is 0 Å². The minimum Gasteiger partial charge on any atom is -0.454 e. The number of carbonyl (C=O) groups is 2. The van der Waals surface area contributed by atoms with Gasteiger partial charge in [-0.1, -0.05) is 30.3 Å². The van der Waals surface area contributed by atoms with E-state index in [2.05, 4.69) is 10.3 Å². The summed E-state index contributed by atoms with van der Waals surface area (Å²) in [5.41, 5.74) is 2.45. The second-order valence-electron chi connectivity index (χ2n) is 6.77. The molecule has 2 heterocycles. The van der Waals surface area contributed by atoms with Crippen molar-refractivity contribution < 1.29 is 23.8 Å². The number of fused-ring (bicyclic) bond motifs is 2. The standard InChI is InChI=1S/C23H20N2O5/c1-15(18-7-9-19-20(12-18)30-14-29-19)25-21(26)13-28-22(27)10-8-17-5-2-4-16-6-3-11-24-23(16)17/h2-12,15H,13-14H2,1H3,(H,25,26)/b10-8+. The Hall–Kier alpha value is -3.87. The summed E-state index contributed by atoms with van der Waals surface area (Å²) in [6.45, 7) is 1.66. The lowest BCUT2D eigenvalue weighted by Gasteiger charge is -2.14. The normalized spacial score (nSPS) is 13.4. The molecule has 0 spiro atoms. The van der Waals surface area contributed by atoms with Crippen LogP contribution < -0.4 is 14.8 Å². The summed E-state index contributed by atoms with van der Waals surface area (Å²) in [4.78, 5) is 28.5. The predicted molar refractivity (Wildman–Crippen MR) is 111 cm³/mol. The Kier molecular flexibility index (Phi) is 5.61. The largest absolute Gasteiger partial charge is 0.454 e. The first kappa shape index (κ1) is 19.4. The third-order valence-electron chi connectivity index (χ3n) is 4.68. The lowest BCUT2D eigenvalue weighted by atomic mass is 10.1. The van der Waals surface area contributed by atoms with Crippen LogP contribution in [0.4, 0.5) is 0 Å². The first-order valence-electron chi connectivity index (χ1n) is 9.47. The average molecular weight is 404 g/mol.